The molecular formula is C18H26N2O6S. The average Bonchev–Trinajstić information content (AvgIpc) is 2.59. The summed E-state index contributed by atoms with van der Waals surface area (Å²) in [5.41, 5.74) is -1.17. The molecule has 27 heavy (non-hydrogen) atoms. The number of sulfonamides is 1. The fourth-order valence-electron chi connectivity index (χ4n) is 2.84. The lowest BCUT2D eigenvalue weighted by Gasteiger charge is -2.34. The molecule has 8 nitrogen and oxygen atoms in total. The van der Waals surface area contributed by atoms with E-state index in [1.165, 1.54) is 49.5 Å². The number of morpholine rings is 1. The van der Waals surface area contributed by atoms with Crippen molar-refractivity contribution in [3.05, 3.63) is 29.8 Å². The lowest BCUT2D eigenvalue weighted by Crippen LogP contribution is -2.50. The second-order valence-electron chi connectivity index (χ2n) is 7.33. The van der Waals surface area contributed by atoms with Crippen molar-refractivity contribution in [2.75, 3.05) is 20.1 Å². The van der Waals surface area contributed by atoms with Gasteiger partial charge >= 0.3 is 5.97 Å². The summed E-state index contributed by atoms with van der Waals surface area (Å²) in [6.07, 6.45) is -0.396. The van der Waals surface area contributed by atoms with Gasteiger partial charge in [-0.2, -0.15) is 4.31 Å². The second-order valence-corrected chi connectivity index (χ2v) is 9.27. The van der Waals surface area contributed by atoms with Gasteiger partial charge in [-0.3, -0.25) is 4.79 Å². The number of hydrogen-bond donors (Lipinski definition) is 1. The van der Waals surface area contributed by atoms with E-state index in [-0.39, 0.29) is 35.8 Å². The Hall–Kier alpha value is -1.97. The molecule has 1 saturated heterocycles. The number of likely N-dealkylation sites (N-methyl/N-ethyl adjacent to an activating group) is 1. The number of carboxylic acids is 1. The molecule has 1 heterocycles. The molecule has 9 heteroatoms. The van der Waals surface area contributed by atoms with Gasteiger partial charge in [-0.25, -0.2) is 13.2 Å². The summed E-state index contributed by atoms with van der Waals surface area (Å²) in [4.78, 5) is 25.1. The number of rotatable bonds is 5. The average molecular weight is 398 g/mol. The van der Waals surface area contributed by atoms with E-state index in [9.17, 15) is 23.1 Å². The summed E-state index contributed by atoms with van der Waals surface area (Å²) in [5.74, 6) is -1.63. The molecule has 2 atom stereocenters. The molecule has 0 spiro atoms. The summed E-state index contributed by atoms with van der Waals surface area (Å²) >= 11 is 0. The summed E-state index contributed by atoms with van der Waals surface area (Å²) in [7, 11) is -2.30. The molecule has 0 bridgehead atoms. The highest BCUT2D eigenvalue weighted by molar-refractivity contribution is 7.89. The maximum absolute atomic E-state index is 12.8. The SMILES string of the molecule is CC1CN(S(=O)(=O)c2ccc(C(=O)N(C)C(C)(C)C(=O)O)cc2)CC(C)O1. The van der Waals surface area contributed by atoms with Crippen molar-refractivity contribution in [2.24, 2.45) is 0 Å². The minimum atomic E-state index is -3.70. The van der Waals surface area contributed by atoms with Gasteiger partial charge in [0.1, 0.15) is 5.54 Å². The molecule has 2 unspecified atom stereocenters. The third-order valence-electron chi connectivity index (χ3n) is 4.79. The molecule has 1 fully saturated rings. The zero-order chi connectivity index (χ0) is 20.6. The van der Waals surface area contributed by atoms with Crippen LogP contribution in [0.5, 0.6) is 0 Å². The quantitative estimate of drug-likeness (QED) is 0.804. The van der Waals surface area contributed by atoms with Crippen LogP contribution < -0.4 is 0 Å². The summed E-state index contributed by atoms with van der Waals surface area (Å²) < 4.78 is 32.6. The van der Waals surface area contributed by atoms with Gasteiger partial charge in [0.25, 0.3) is 5.91 Å². The number of carbonyl (C=O) groups excluding carboxylic acids is 1. The molecule has 1 aromatic carbocycles. The monoisotopic (exact) mass is 398 g/mol. The van der Waals surface area contributed by atoms with Gasteiger partial charge in [-0.05, 0) is 52.0 Å². The van der Waals surface area contributed by atoms with Crippen LogP contribution >= 0.6 is 0 Å². The number of aliphatic carboxylic acids is 1. The van der Waals surface area contributed by atoms with E-state index in [1.807, 2.05) is 13.8 Å². The fourth-order valence-corrected chi connectivity index (χ4v) is 4.43. The molecule has 0 aromatic heterocycles. The van der Waals surface area contributed by atoms with Gasteiger partial charge in [0.05, 0.1) is 17.1 Å². The molecular weight excluding hydrogens is 372 g/mol. The molecule has 150 valence electrons. The van der Waals surface area contributed by atoms with Crippen LogP contribution in [-0.4, -0.2) is 72.5 Å². The van der Waals surface area contributed by atoms with Gasteiger partial charge in [0, 0.05) is 25.7 Å². The number of benzene rings is 1. The van der Waals surface area contributed by atoms with E-state index in [0.717, 1.165) is 4.90 Å². The lowest BCUT2D eigenvalue weighted by molar-refractivity contribution is -0.147. The van der Waals surface area contributed by atoms with Crippen molar-refractivity contribution in [2.45, 2.75) is 50.3 Å². The van der Waals surface area contributed by atoms with E-state index in [1.54, 1.807) is 0 Å². The van der Waals surface area contributed by atoms with Crippen molar-refractivity contribution < 1.29 is 27.9 Å². The Kier molecular flexibility index (Phi) is 5.98. The van der Waals surface area contributed by atoms with Gasteiger partial charge in [0.15, 0.2) is 0 Å². The highest BCUT2D eigenvalue weighted by Crippen LogP contribution is 2.23. The molecule has 1 amide bonds. The van der Waals surface area contributed by atoms with Crippen LogP contribution in [0, 0.1) is 0 Å². The maximum Gasteiger partial charge on any atom is 0.329 e. The first-order chi connectivity index (χ1) is 12.4. The largest absolute Gasteiger partial charge is 0.480 e. The van der Waals surface area contributed by atoms with Crippen LogP contribution in [-0.2, 0) is 19.6 Å². The highest BCUT2D eigenvalue weighted by Gasteiger charge is 2.36. The van der Waals surface area contributed by atoms with Crippen molar-refractivity contribution in [3.63, 3.8) is 0 Å². The van der Waals surface area contributed by atoms with E-state index in [0.29, 0.717) is 0 Å². The van der Waals surface area contributed by atoms with Crippen molar-refractivity contribution in [1.82, 2.24) is 9.21 Å². The molecule has 1 N–H and O–H groups in total. The number of carboxylic acid groups (broad SMARTS) is 1. The lowest BCUT2D eigenvalue weighted by atomic mass is 10.0. The fraction of sp³-hybridized carbons (Fsp3) is 0.556. The Morgan fingerprint density at radius 3 is 2.07 bits per heavy atom. The molecule has 1 aliphatic heterocycles. The predicted octanol–water partition coefficient (Wildman–Crippen LogP) is 1.42. The topological polar surface area (TPSA) is 104 Å². The van der Waals surface area contributed by atoms with Gasteiger partial charge in [0.2, 0.25) is 10.0 Å². The molecule has 0 radical (unpaired) electrons. The summed E-state index contributed by atoms with van der Waals surface area (Å²) in [5, 5.41) is 9.26. The van der Waals surface area contributed by atoms with Crippen LogP contribution in [0.2, 0.25) is 0 Å². The first kappa shape index (κ1) is 21.3. The first-order valence-electron chi connectivity index (χ1n) is 8.64. The minimum absolute atomic E-state index is 0.0838. The minimum Gasteiger partial charge on any atom is -0.480 e. The maximum atomic E-state index is 12.8. The smallest absolute Gasteiger partial charge is 0.329 e. The molecule has 0 aliphatic carbocycles. The standard InChI is InChI=1S/C18H26N2O6S/c1-12-10-20(11-13(2)26-12)27(24,25)15-8-6-14(7-9-15)16(21)19(5)18(3,4)17(22)23/h6-9,12-13H,10-11H2,1-5H3,(H,22,23). The third-order valence-corrected chi connectivity index (χ3v) is 6.64. The van der Waals surface area contributed by atoms with Gasteiger partial charge < -0.3 is 14.7 Å². The third kappa shape index (κ3) is 4.31. The van der Waals surface area contributed by atoms with Crippen molar-refractivity contribution in [3.8, 4) is 0 Å². The molecule has 1 aliphatic rings. The summed E-state index contributed by atoms with van der Waals surface area (Å²) in [6, 6.07) is 5.54. The number of hydrogen-bond acceptors (Lipinski definition) is 5. The van der Waals surface area contributed by atoms with E-state index in [4.69, 9.17) is 4.74 Å². The first-order valence-corrected chi connectivity index (χ1v) is 10.1. The Balaban J connectivity index is 2.24. The Labute approximate surface area is 159 Å². The zero-order valence-corrected chi connectivity index (χ0v) is 17.0. The van der Waals surface area contributed by atoms with Gasteiger partial charge in [-0.15, -0.1) is 0 Å². The second kappa shape index (κ2) is 7.57. The van der Waals surface area contributed by atoms with E-state index in [2.05, 4.69) is 0 Å². The molecule has 1 aromatic rings. The normalized spacial score (nSPS) is 21.7. The Morgan fingerprint density at radius 2 is 1.63 bits per heavy atom. The van der Waals surface area contributed by atoms with Gasteiger partial charge in [-0.1, -0.05) is 0 Å². The number of nitrogens with zero attached hydrogens (tertiary/aromatic N) is 2. The predicted molar refractivity (Wildman–Crippen MR) is 99.0 cm³/mol. The van der Waals surface area contributed by atoms with Crippen LogP contribution in [0.25, 0.3) is 0 Å². The van der Waals surface area contributed by atoms with Crippen LogP contribution in [0.15, 0.2) is 29.2 Å². The van der Waals surface area contributed by atoms with Crippen LogP contribution in [0.4, 0.5) is 0 Å². The molecule has 2 rings (SSSR count). The van der Waals surface area contributed by atoms with Crippen molar-refractivity contribution in [1.29, 1.82) is 0 Å². The van der Waals surface area contributed by atoms with Crippen LogP contribution in [0.1, 0.15) is 38.1 Å². The number of amides is 1. The summed E-state index contributed by atoms with van der Waals surface area (Å²) in [6.45, 7) is 7.02. The van der Waals surface area contributed by atoms with Crippen LogP contribution in [0.3, 0.4) is 0 Å². The Bertz CT molecular complexity index is 809. The number of ether oxygens (including phenoxy) is 1. The zero-order valence-electron chi connectivity index (χ0n) is 16.2. The van der Waals surface area contributed by atoms with E-state index < -0.39 is 27.4 Å². The Morgan fingerprint density at radius 1 is 1.15 bits per heavy atom. The highest BCUT2D eigenvalue weighted by atomic mass is 32.2. The van der Waals surface area contributed by atoms with E-state index >= 15 is 0 Å². The molecule has 0 saturated carbocycles. The van der Waals surface area contributed by atoms with Crippen molar-refractivity contribution >= 4 is 21.9 Å². The number of carbonyl (C=O) groups is 2.